The van der Waals surface area contributed by atoms with E-state index in [2.05, 4.69) is 5.48 Å². The lowest BCUT2D eigenvalue weighted by atomic mass is 9.92. The van der Waals surface area contributed by atoms with Crippen molar-refractivity contribution in [2.24, 2.45) is 11.5 Å². The summed E-state index contributed by atoms with van der Waals surface area (Å²) in [5.41, 5.74) is 13.5. The maximum Gasteiger partial charge on any atom is 0.245 e. The summed E-state index contributed by atoms with van der Waals surface area (Å²) in [7, 11) is 0. The second-order valence-electron chi connectivity index (χ2n) is 3.48. The number of hydroxylamine groups is 1. The molecular formula is C8H17N3O2. The number of carbonyl (C=O) groups excluding carboxylic acids is 1. The Bertz CT molecular complexity index is 167. The van der Waals surface area contributed by atoms with Crippen molar-refractivity contribution >= 4 is 5.91 Å². The Labute approximate surface area is 77.7 Å². The summed E-state index contributed by atoms with van der Waals surface area (Å²) in [6, 6.07) is 0.647. The molecule has 0 saturated heterocycles. The minimum Gasteiger partial charge on any atom is -0.368 e. The van der Waals surface area contributed by atoms with Gasteiger partial charge in [0.2, 0.25) is 5.91 Å². The van der Waals surface area contributed by atoms with Gasteiger partial charge < -0.3 is 11.5 Å². The number of nitrogens with two attached hydrogens (primary N) is 2. The fourth-order valence-electron chi connectivity index (χ4n) is 1.47. The van der Waals surface area contributed by atoms with Crippen LogP contribution in [0.25, 0.3) is 0 Å². The van der Waals surface area contributed by atoms with E-state index in [1.165, 1.54) is 0 Å². The van der Waals surface area contributed by atoms with Crippen molar-refractivity contribution < 1.29 is 9.63 Å². The summed E-state index contributed by atoms with van der Waals surface area (Å²) in [5.74, 6) is -0.458. The summed E-state index contributed by atoms with van der Waals surface area (Å²) in [4.78, 5) is 15.2. The van der Waals surface area contributed by atoms with E-state index in [0.717, 1.165) is 25.7 Å². The van der Waals surface area contributed by atoms with Gasteiger partial charge in [0, 0.05) is 12.1 Å². The molecular weight excluding hydrogens is 170 g/mol. The zero-order chi connectivity index (χ0) is 9.68. The maximum absolute atomic E-state index is 10.3. The summed E-state index contributed by atoms with van der Waals surface area (Å²) >= 11 is 0. The first-order valence-electron chi connectivity index (χ1n) is 4.59. The maximum atomic E-state index is 10.3. The predicted molar refractivity (Wildman–Crippen MR) is 48.5 cm³/mol. The molecule has 5 heteroatoms. The zero-order valence-electron chi connectivity index (χ0n) is 7.66. The minimum atomic E-state index is -0.458. The number of hydrogen-bond donors (Lipinski definition) is 3. The van der Waals surface area contributed by atoms with Crippen LogP contribution in [0.1, 0.15) is 25.7 Å². The van der Waals surface area contributed by atoms with Crippen LogP contribution in [0.3, 0.4) is 0 Å². The molecule has 0 unspecified atom stereocenters. The van der Waals surface area contributed by atoms with Gasteiger partial charge in [-0.05, 0) is 25.7 Å². The zero-order valence-corrected chi connectivity index (χ0v) is 7.66. The van der Waals surface area contributed by atoms with Crippen LogP contribution in [-0.4, -0.2) is 24.6 Å². The molecule has 5 N–H and O–H groups in total. The summed E-state index contributed by atoms with van der Waals surface area (Å²) in [5, 5.41) is 0. The van der Waals surface area contributed by atoms with Crippen LogP contribution in [0.5, 0.6) is 0 Å². The minimum absolute atomic E-state index is 0.0669. The molecule has 0 aromatic heterocycles. The van der Waals surface area contributed by atoms with E-state index >= 15 is 0 Å². The van der Waals surface area contributed by atoms with Crippen LogP contribution >= 0.6 is 0 Å². The average molecular weight is 187 g/mol. The van der Waals surface area contributed by atoms with E-state index in [0.29, 0.717) is 12.1 Å². The first kappa shape index (κ1) is 10.4. The van der Waals surface area contributed by atoms with Gasteiger partial charge in [0.25, 0.3) is 0 Å². The van der Waals surface area contributed by atoms with Gasteiger partial charge in [-0.2, -0.15) is 5.48 Å². The molecule has 0 spiro atoms. The van der Waals surface area contributed by atoms with Crippen molar-refractivity contribution in [3.8, 4) is 0 Å². The third-order valence-electron chi connectivity index (χ3n) is 2.24. The Hall–Kier alpha value is -0.650. The quantitative estimate of drug-likeness (QED) is 0.506. The fourth-order valence-corrected chi connectivity index (χ4v) is 1.47. The lowest BCUT2D eigenvalue weighted by Crippen LogP contribution is -2.38. The van der Waals surface area contributed by atoms with Gasteiger partial charge >= 0.3 is 0 Å². The van der Waals surface area contributed by atoms with Gasteiger partial charge in [-0.15, -0.1) is 0 Å². The molecule has 5 nitrogen and oxygen atoms in total. The Morgan fingerprint density at radius 2 is 2.00 bits per heavy atom. The Morgan fingerprint density at radius 3 is 2.54 bits per heavy atom. The fraction of sp³-hybridized carbons (Fsp3) is 0.875. The number of hydrogen-bond acceptors (Lipinski definition) is 4. The van der Waals surface area contributed by atoms with Crippen molar-refractivity contribution in [1.29, 1.82) is 0 Å². The Balaban J connectivity index is 2.05. The van der Waals surface area contributed by atoms with E-state index in [9.17, 15) is 4.79 Å². The van der Waals surface area contributed by atoms with Crippen LogP contribution in [-0.2, 0) is 9.63 Å². The highest BCUT2D eigenvalue weighted by Crippen LogP contribution is 2.16. The molecule has 0 radical (unpaired) electrons. The van der Waals surface area contributed by atoms with Crippen molar-refractivity contribution in [2.45, 2.75) is 37.8 Å². The van der Waals surface area contributed by atoms with Crippen molar-refractivity contribution in [1.82, 2.24) is 5.48 Å². The molecule has 13 heavy (non-hydrogen) atoms. The highest BCUT2D eigenvalue weighted by atomic mass is 16.6. The lowest BCUT2D eigenvalue weighted by molar-refractivity contribution is -0.126. The lowest BCUT2D eigenvalue weighted by Gasteiger charge is -2.26. The van der Waals surface area contributed by atoms with E-state index in [4.69, 9.17) is 16.3 Å². The highest BCUT2D eigenvalue weighted by molar-refractivity contribution is 5.74. The number of primary amides is 1. The summed E-state index contributed by atoms with van der Waals surface area (Å²) < 4.78 is 0. The van der Waals surface area contributed by atoms with Crippen molar-refractivity contribution in [3.05, 3.63) is 0 Å². The molecule has 1 fully saturated rings. The van der Waals surface area contributed by atoms with Gasteiger partial charge in [-0.3, -0.25) is 9.63 Å². The molecule has 1 saturated carbocycles. The number of rotatable bonds is 4. The van der Waals surface area contributed by atoms with Gasteiger partial charge in [0.15, 0.2) is 0 Å². The molecule has 0 aromatic carbocycles. The number of carbonyl (C=O) groups is 1. The van der Waals surface area contributed by atoms with Gasteiger partial charge in [0.1, 0.15) is 6.61 Å². The average Bonchev–Trinajstić information content (AvgIpc) is 2.08. The van der Waals surface area contributed by atoms with Crippen LogP contribution in [0.4, 0.5) is 0 Å². The molecule has 1 rings (SSSR count). The first-order valence-corrected chi connectivity index (χ1v) is 4.59. The second-order valence-corrected chi connectivity index (χ2v) is 3.48. The van der Waals surface area contributed by atoms with Crippen LogP contribution in [0.15, 0.2) is 0 Å². The molecule has 0 atom stereocenters. The third-order valence-corrected chi connectivity index (χ3v) is 2.24. The van der Waals surface area contributed by atoms with Crippen molar-refractivity contribution in [2.75, 3.05) is 6.61 Å². The smallest absolute Gasteiger partial charge is 0.245 e. The molecule has 1 aliphatic rings. The topological polar surface area (TPSA) is 90.4 Å². The highest BCUT2D eigenvalue weighted by Gasteiger charge is 2.18. The van der Waals surface area contributed by atoms with Gasteiger partial charge in [-0.1, -0.05) is 0 Å². The van der Waals surface area contributed by atoms with Crippen LogP contribution < -0.4 is 16.9 Å². The summed E-state index contributed by atoms with van der Waals surface area (Å²) in [6.07, 6.45) is 4.02. The van der Waals surface area contributed by atoms with Crippen LogP contribution in [0.2, 0.25) is 0 Å². The van der Waals surface area contributed by atoms with Crippen LogP contribution in [0, 0.1) is 0 Å². The monoisotopic (exact) mass is 187 g/mol. The molecule has 0 heterocycles. The molecule has 1 amide bonds. The van der Waals surface area contributed by atoms with E-state index < -0.39 is 5.91 Å². The summed E-state index contributed by atoms with van der Waals surface area (Å²) in [6.45, 7) is -0.0669. The first-order chi connectivity index (χ1) is 6.18. The molecule has 1 aliphatic carbocycles. The Kier molecular flexibility index (Phi) is 4.14. The van der Waals surface area contributed by atoms with Crippen molar-refractivity contribution in [3.63, 3.8) is 0 Å². The SMILES string of the molecule is NC(=O)CONC1CCC(N)CC1. The standard InChI is InChI=1S/C8H17N3O2/c9-6-1-3-7(4-2-6)11-13-5-8(10)12/h6-7,11H,1-5,9H2,(H2,10,12). The molecule has 76 valence electrons. The predicted octanol–water partition coefficient (Wildman–Crippen LogP) is -0.737. The number of nitrogens with one attached hydrogen (secondary N) is 1. The third kappa shape index (κ3) is 4.21. The largest absolute Gasteiger partial charge is 0.368 e. The van der Waals surface area contributed by atoms with Gasteiger partial charge in [-0.25, -0.2) is 0 Å². The molecule has 0 aliphatic heterocycles. The second kappa shape index (κ2) is 5.16. The normalized spacial score (nSPS) is 28.7. The molecule has 0 aromatic rings. The Morgan fingerprint density at radius 1 is 1.38 bits per heavy atom. The number of amides is 1. The van der Waals surface area contributed by atoms with E-state index in [-0.39, 0.29) is 6.61 Å². The molecule has 0 bridgehead atoms. The van der Waals surface area contributed by atoms with E-state index in [1.807, 2.05) is 0 Å². The van der Waals surface area contributed by atoms with E-state index in [1.54, 1.807) is 0 Å². The van der Waals surface area contributed by atoms with Gasteiger partial charge in [0.05, 0.1) is 0 Å².